The van der Waals surface area contributed by atoms with Crippen LogP contribution in [-0.2, 0) is 13.0 Å². The average Bonchev–Trinajstić information content (AvgIpc) is 3.41. The first-order valence-electron chi connectivity index (χ1n) is 8.91. The van der Waals surface area contributed by atoms with Crippen LogP contribution in [0.3, 0.4) is 0 Å². The molecule has 142 valence electrons. The van der Waals surface area contributed by atoms with Crippen LogP contribution >= 0.6 is 0 Å². The van der Waals surface area contributed by atoms with Gasteiger partial charge < -0.3 is 14.8 Å². The summed E-state index contributed by atoms with van der Waals surface area (Å²) in [6.07, 6.45) is 8.00. The maximum absolute atomic E-state index is 5.80. The molecular weight excluding hydrogens is 356 g/mol. The van der Waals surface area contributed by atoms with E-state index in [4.69, 9.17) is 10.3 Å². The molecule has 0 aliphatic carbocycles. The number of hydrogen-bond acceptors (Lipinski definition) is 7. The zero-order valence-electron chi connectivity index (χ0n) is 15.6. The SMILES string of the molecule is CCc1nccn1Cc1nc(-c2cccc(C=Nn3cc(C)nc3N)c2)no1. The van der Waals surface area contributed by atoms with Crippen LogP contribution in [0.5, 0.6) is 0 Å². The topological polar surface area (TPSA) is 113 Å². The largest absolute Gasteiger partial charge is 0.368 e. The van der Waals surface area contributed by atoms with E-state index >= 15 is 0 Å². The summed E-state index contributed by atoms with van der Waals surface area (Å²) in [6, 6.07) is 7.72. The van der Waals surface area contributed by atoms with Crippen molar-refractivity contribution in [1.29, 1.82) is 0 Å². The zero-order chi connectivity index (χ0) is 19.5. The molecule has 0 saturated carbocycles. The highest BCUT2D eigenvalue weighted by atomic mass is 16.5. The second kappa shape index (κ2) is 7.47. The first-order valence-corrected chi connectivity index (χ1v) is 8.91. The highest BCUT2D eigenvalue weighted by Gasteiger charge is 2.11. The Hall–Kier alpha value is -3.75. The first-order chi connectivity index (χ1) is 13.6. The smallest absolute Gasteiger partial charge is 0.246 e. The minimum atomic E-state index is 0.346. The molecule has 0 aliphatic heterocycles. The van der Waals surface area contributed by atoms with E-state index in [9.17, 15) is 0 Å². The van der Waals surface area contributed by atoms with E-state index in [0.29, 0.717) is 24.2 Å². The van der Waals surface area contributed by atoms with Crippen LogP contribution in [0.25, 0.3) is 11.4 Å². The van der Waals surface area contributed by atoms with Gasteiger partial charge in [-0.15, -0.1) is 0 Å². The van der Waals surface area contributed by atoms with Gasteiger partial charge in [-0.05, 0) is 18.6 Å². The third kappa shape index (κ3) is 3.68. The summed E-state index contributed by atoms with van der Waals surface area (Å²) in [7, 11) is 0. The number of benzene rings is 1. The van der Waals surface area contributed by atoms with E-state index in [2.05, 4.69) is 32.1 Å². The van der Waals surface area contributed by atoms with E-state index in [1.165, 1.54) is 4.68 Å². The molecule has 0 aliphatic rings. The molecule has 0 saturated heterocycles. The monoisotopic (exact) mass is 376 g/mol. The summed E-state index contributed by atoms with van der Waals surface area (Å²) >= 11 is 0. The number of imidazole rings is 2. The van der Waals surface area contributed by atoms with Crippen molar-refractivity contribution >= 4 is 12.2 Å². The molecule has 0 amide bonds. The van der Waals surface area contributed by atoms with Crippen LogP contribution in [-0.4, -0.2) is 35.6 Å². The molecule has 3 aromatic heterocycles. The third-order valence-corrected chi connectivity index (χ3v) is 4.20. The summed E-state index contributed by atoms with van der Waals surface area (Å²) in [5, 5.41) is 8.44. The maximum atomic E-state index is 5.80. The number of aryl methyl sites for hydroxylation is 2. The van der Waals surface area contributed by atoms with Gasteiger partial charge in [-0.2, -0.15) is 10.1 Å². The number of anilines is 1. The highest BCUT2D eigenvalue weighted by Crippen LogP contribution is 2.17. The van der Waals surface area contributed by atoms with Crippen molar-refractivity contribution in [2.75, 3.05) is 5.73 Å². The van der Waals surface area contributed by atoms with Crippen LogP contribution in [0.15, 0.2) is 52.5 Å². The number of nitrogen functional groups attached to an aromatic ring is 1. The van der Waals surface area contributed by atoms with Crippen molar-refractivity contribution < 1.29 is 4.52 Å². The molecule has 0 spiro atoms. The minimum absolute atomic E-state index is 0.346. The molecule has 9 heteroatoms. The zero-order valence-corrected chi connectivity index (χ0v) is 15.6. The lowest BCUT2D eigenvalue weighted by Crippen LogP contribution is -2.03. The van der Waals surface area contributed by atoms with E-state index in [0.717, 1.165) is 29.1 Å². The highest BCUT2D eigenvalue weighted by molar-refractivity contribution is 5.81. The van der Waals surface area contributed by atoms with Gasteiger partial charge in [0, 0.05) is 24.4 Å². The lowest BCUT2D eigenvalue weighted by atomic mass is 10.1. The Balaban J connectivity index is 1.53. The van der Waals surface area contributed by atoms with Gasteiger partial charge in [0.1, 0.15) is 12.4 Å². The Kier molecular flexibility index (Phi) is 4.71. The second-order valence-electron chi connectivity index (χ2n) is 6.29. The number of aromatic nitrogens is 6. The summed E-state index contributed by atoms with van der Waals surface area (Å²) in [5.41, 5.74) is 8.35. The predicted molar refractivity (Wildman–Crippen MR) is 105 cm³/mol. The van der Waals surface area contributed by atoms with Gasteiger partial charge in [-0.25, -0.2) is 14.6 Å². The second-order valence-corrected chi connectivity index (χ2v) is 6.29. The Morgan fingerprint density at radius 2 is 2.18 bits per heavy atom. The van der Waals surface area contributed by atoms with Crippen LogP contribution < -0.4 is 5.73 Å². The van der Waals surface area contributed by atoms with E-state index in [1.54, 1.807) is 18.6 Å². The van der Waals surface area contributed by atoms with Crippen LogP contribution in [0.1, 0.15) is 29.9 Å². The van der Waals surface area contributed by atoms with Crippen LogP contribution in [0.4, 0.5) is 5.95 Å². The molecule has 28 heavy (non-hydrogen) atoms. The Bertz CT molecular complexity index is 1120. The normalized spacial score (nSPS) is 11.5. The molecule has 3 heterocycles. The lowest BCUT2D eigenvalue weighted by molar-refractivity contribution is 0.370. The van der Waals surface area contributed by atoms with Gasteiger partial charge in [0.25, 0.3) is 0 Å². The number of hydrogen-bond donors (Lipinski definition) is 1. The third-order valence-electron chi connectivity index (χ3n) is 4.20. The van der Waals surface area contributed by atoms with E-state index < -0.39 is 0 Å². The molecule has 0 unspecified atom stereocenters. The van der Waals surface area contributed by atoms with Crippen LogP contribution in [0, 0.1) is 6.92 Å². The van der Waals surface area contributed by atoms with Gasteiger partial charge >= 0.3 is 0 Å². The molecule has 4 aromatic rings. The van der Waals surface area contributed by atoms with Crippen molar-refractivity contribution in [2.24, 2.45) is 5.10 Å². The molecule has 1 aromatic carbocycles. The molecule has 2 N–H and O–H groups in total. The molecular formula is C19H20N8O. The maximum Gasteiger partial charge on any atom is 0.246 e. The van der Waals surface area contributed by atoms with Crippen molar-refractivity contribution in [3.8, 4) is 11.4 Å². The fraction of sp³-hybridized carbons (Fsp3) is 0.211. The van der Waals surface area contributed by atoms with Gasteiger partial charge in [-0.3, -0.25) is 0 Å². The van der Waals surface area contributed by atoms with Gasteiger partial charge in [0.2, 0.25) is 17.7 Å². The standard InChI is InChI=1S/C19H20N8O/c1-3-16-21-7-8-26(16)12-17-24-18(25-28-17)15-6-4-5-14(9-15)10-22-27-11-13(2)23-19(27)20/h4-11H,3,12H2,1-2H3,(H2,20,23). The molecule has 0 atom stereocenters. The number of nitrogens with zero attached hydrogens (tertiary/aromatic N) is 7. The van der Waals surface area contributed by atoms with Gasteiger partial charge in [0.05, 0.1) is 18.1 Å². The Morgan fingerprint density at radius 3 is 2.96 bits per heavy atom. The van der Waals surface area contributed by atoms with E-state index in [1.807, 2.05) is 42.0 Å². The minimum Gasteiger partial charge on any atom is -0.368 e. The summed E-state index contributed by atoms with van der Waals surface area (Å²) < 4.78 is 8.94. The lowest BCUT2D eigenvalue weighted by Gasteiger charge is -2.01. The average molecular weight is 376 g/mol. The predicted octanol–water partition coefficient (Wildman–Crippen LogP) is 2.51. The Morgan fingerprint density at radius 1 is 1.29 bits per heavy atom. The summed E-state index contributed by atoms with van der Waals surface area (Å²) in [4.78, 5) is 12.9. The first kappa shape index (κ1) is 17.7. The summed E-state index contributed by atoms with van der Waals surface area (Å²) in [6.45, 7) is 4.42. The Labute approximate surface area is 161 Å². The molecule has 0 radical (unpaired) electrons. The molecule has 0 bridgehead atoms. The molecule has 4 rings (SSSR count). The van der Waals surface area contributed by atoms with Crippen LogP contribution in [0.2, 0.25) is 0 Å². The van der Waals surface area contributed by atoms with E-state index in [-0.39, 0.29) is 0 Å². The van der Waals surface area contributed by atoms with Crippen molar-refractivity contribution in [2.45, 2.75) is 26.8 Å². The fourth-order valence-electron chi connectivity index (χ4n) is 2.86. The number of nitrogens with two attached hydrogens (primary N) is 1. The summed E-state index contributed by atoms with van der Waals surface area (Å²) in [5.74, 6) is 2.38. The van der Waals surface area contributed by atoms with Crippen molar-refractivity contribution in [3.05, 3.63) is 65.8 Å². The fourth-order valence-corrected chi connectivity index (χ4v) is 2.86. The van der Waals surface area contributed by atoms with Crippen molar-refractivity contribution in [3.63, 3.8) is 0 Å². The molecule has 0 fully saturated rings. The van der Waals surface area contributed by atoms with Gasteiger partial charge in [-0.1, -0.05) is 30.3 Å². The van der Waals surface area contributed by atoms with Gasteiger partial charge in [0.15, 0.2) is 0 Å². The quantitative estimate of drug-likeness (QED) is 0.517. The number of rotatable bonds is 6. The molecule has 9 nitrogen and oxygen atoms in total. The van der Waals surface area contributed by atoms with Crippen molar-refractivity contribution in [1.82, 2.24) is 29.4 Å².